The molecule has 1 atom stereocenters. The predicted octanol–water partition coefficient (Wildman–Crippen LogP) is 1.82. The van der Waals surface area contributed by atoms with E-state index in [0.717, 1.165) is 12.8 Å². The van der Waals surface area contributed by atoms with Crippen LogP contribution in [0.5, 0.6) is 0 Å². The first-order valence-corrected chi connectivity index (χ1v) is 8.77. The van der Waals surface area contributed by atoms with Crippen molar-refractivity contribution in [2.75, 3.05) is 31.5 Å². The Morgan fingerprint density at radius 2 is 1.92 bits per heavy atom. The zero-order chi connectivity index (χ0) is 18.2. The molecule has 1 heterocycles. The Balaban J connectivity index is 1.98. The van der Waals surface area contributed by atoms with E-state index in [-0.39, 0.29) is 23.8 Å². The van der Waals surface area contributed by atoms with Gasteiger partial charge in [0.15, 0.2) is 0 Å². The number of rotatable bonds is 5. The Hall–Kier alpha value is -2.57. The zero-order valence-electron chi connectivity index (χ0n) is 14.8. The molecular weight excluding hydrogens is 320 g/mol. The van der Waals surface area contributed by atoms with Crippen molar-refractivity contribution in [2.24, 2.45) is 5.92 Å². The summed E-state index contributed by atoms with van der Waals surface area (Å²) in [7, 11) is 0. The van der Waals surface area contributed by atoms with Gasteiger partial charge in [0.05, 0.1) is 5.92 Å². The molecule has 1 aromatic rings. The van der Waals surface area contributed by atoms with Crippen LogP contribution in [0.1, 0.15) is 37.0 Å². The van der Waals surface area contributed by atoms with Crippen molar-refractivity contribution in [3.63, 3.8) is 0 Å². The van der Waals surface area contributed by atoms with Gasteiger partial charge in [0.1, 0.15) is 0 Å². The Labute approximate surface area is 148 Å². The predicted molar refractivity (Wildman–Crippen MR) is 96.4 cm³/mol. The number of piperidine rings is 1. The molecule has 0 spiro atoms. The summed E-state index contributed by atoms with van der Waals surface area (Å²) in [6, 6.07) is 6.57. The largest absolute Gasteiger partial charge is 0.356 e. The molecular formula is C18H26N4O3. The van der Waals surface area contributed by atoms with Crippen molar-refractivity contribution in [1.82, 2.24) is 15.5 Å². The van der Waals surface area contributed by atoms with E-state index in [9.17, 15) is 14.4 Å². The van der Waals surface area contributed by atoms with Crippen LogP contribution in [-0.2, 0) is 4.79 Å². The van der Waals surface area contributed by atoms with Crippen LogP contribution in [-0.4, -0.2) is 48.9 Å². The fourth-order valence-electron chi connectivity index (χ4n) is 2.90. The number of nitrogens with zero attached hydrogens (tertiary/aromatic N) is 1. The summed E-state index contributed by atoms with van der Waals surface area (Å²) in [5, 5.41) is 8.36. The fraction of sp³-hybridized carbons (Fsp3) is 0.500. The zero-order valence-corrected chi connectivity index (χ0v) is 14.8. The molecule has 0 aliphatic carbocycles. The van der Waals surface area contributed by atoms with Crippen LogP contribution >= 0.6 is 0 Å². The molecule has 7 nitrogen and oxygen atoms in total. The summed E-state index contributed by atoms with van der Waals surface area (Å²) >= 11 is 0. The topological polar surface area (TPSA) is 90.5 Å². The number of benzene rings is 1. The molecule has 0 aromatic heterocycles. The SMILES string of the molecule is CCNC(=O)c1cccc(NC(=O)N2CCC[C@H](C(=O)NCC)C2)c1. The van der Waals surface area contributed by atoms with Crippen molar-refractivity contribution >= 4 is 23.5 Å². The van der Waals surface area contributed by atoms with Crippen LogP contribution in [0.25, 0.3) is 0 Å². The quantitative estimate of drug-likeness (QED) is 0.759. The highest BCUT2D eigenvalue weighted by molar-refractivity contribution is 5.97. The highest BCUT2D eigenvalue weighted by atomic mass is 16.2. The van der Waals surface area contributed by atoms with Gasteiger partial charge in [-0.05, 0) is 44.9 Å². The van der Waals surface area contributed by atoms with Crippen LogP contribution < -0.4 is 16.0 Å². The smallest absolute Gasteiger partial charge is 0.321 e. The van der Waals surface area contributed by atoms with Gasteiger partial charge in [-0.25, -0.2) is 4.79 Å². The molecule has 25 heavy (non-hydrogen) atoms. The lowest BCUT2D eigenvalue weighted by atomic mass is 9.97. The molecule has 0 unspecified atom stereocenters. The fourth-order valence-corrected chi connectivity index (χ4v) is 2.90. The maximum absolute atomic E-state index is 12.5. The Morgan fingerprint density at radius 1 is 1.16 bits per heavy atom. The highest BCUT2D eigenvalue weighted by Gasteiger charge is 2.28. The average Bonchev–Trinajstić information content (AvgIpc) is 2.62. The van der Waals surface area contributed by atoms with Gasteiger partial charge in [0.25, 0.3) is 5.91 Å². The molecule has 3 N–H and O–H groups in total. The summed E-state index contributed by atoms with van der Waals surface area (Å²) in [6.07, 6.45) is 1.59. The number of nitrogens with one attached hydrogen (secondary N) is 3. The molecule has 2 rings (SSSR count). The standard InChI is InChI=1S/C18H26N4O3/c1-3-19-16(23)13-7-5-9-15(11-13)21-18(25)22-10-6-8-14(12-22)17(24)20-4-2/h5,7,9,11,14H,3-4,6,8,10,12H2,1-2H3,(H,19,23)(H,20,24)(H,21,25)/t14-/m0/s1. The molecule has 1 aliphatic heterocycles. The van der Waals surface area contributed by atoms with E-state index in [2.05, 4.69) is 16.0 Å². The van der Waals surface area contributed by atoms with E-state index in [4.69, 9.17) is 0 Å². The van der Waals surface area contributed by atoms with Crippen molar-refractivity contribution in [3.05, 3.63) is 29.8 Å². The van der Waals surface area contributed by atoms with Gasteiger partial charge in [-0.2, -0.15) is 0 Å². The third-order valence-electron chi connectivity index (χ3n) is 4.14. The lowest BCUT2D eigenvalue weighted by Crippen LogP contribution is -2.46. The molecule has 1 aromatic carbocycles. The van der Waals surface area contributed by atoms with E-state index in [1.165, 1.54) is 0 Å². The molecule has 4 amide bonds. The summed E-state index contributed by atoms with van der Waals surface area (Å²) in [4.78, 5) is 38.0. The summed E-state index contributed by atoms with van der Waals surface area (Å²) in [5.74, 6) is -0.341. The van der Waals surface area contributed by atoms with Gasteiger partial charge in [-0.15, -0.1) is 0 Å². The summed E-state index contributed by atoms with van der Waals surface area (Å²) in [6.45, 7) is 5.90. The van der Waals surface area contributed by atoms with Crippen LogP contribution in [0.4, 0.5) is 10.5 Å². The maximum Gasteiger partial charge on any atom is 0.321 e. The van der Waals surface area contributed by atoms with Gasteiger partial charge >= 0.3 is 6.03 Å². The van der Waals surface area contributed by atoms with E-state index in [1.807, 2.05) is 13.8 Å². The molecule has 7 heteroatoms. The first kappa shape index (κ1) is 18.8. The van der Waals surface area contributed by atoms with Crippen molar-refractivity contribution in [2.45, 2.75) is 26.7 Å². The molecule has 1 aliphatic rings. The number of hydrogen-bond acceptors (Lipinski definition) is 3. The number of hydrogen-bond donors (Lipinski definition) is 3. The van der Waals surface area contributed by atoms with Gasteiger partial charge in [-0.3, -0.25) is 9.59 Å². The number of carbonyl (C=O) groups is 3. The van der Waals surface area contributed by atoms with Gasteiger partial charge in [0.2, 0.25) is 5.91 Å². The van der Waals surface area contributed by atoms with Crippen LogP contribution in [0, 0.1) is 5.92 Å². The average molecular weight is 346 g/mol. The Morgan fingerprint density at radius 3 is 2.64 bits per heavy atom. The number of likely N-dealkylation sites (tertiary alicyclic amines) is 1. The van der Waals surface area contributed by atoms with Crippen LogP contribution in [0.2, 0.25) is 0 Å². The van der Waals surface area contributed by atoms with Crippen molar-refractivity contribution < 1.29 is 14.4 Å². The second-order valence-electron chi connectivity index (χ2n) is 6.05. The van der Waals surface area contributed by atoms with E-state index in [1.54, 1.807) is 29.2 Å². The molecule has 1 fully saturated rings. The number of amides is 4. The Bertz CT molecular complexity index is 633. The van der Waals surface area contributed by atoms with Gasteiger partial charge in [-0.1, -0.05) is 6.07 Å². The monoisotopic (exact) mass is 346 g/mol. The number of carbonyl (C=O) groups excluding carboxylic acids is 3. The second-order valence-corrected chi connectivity index (χ2v) is 6.05. The maximum atomic E-state index is 12.5. The minimum atomic E-state index is -0.248. The highest BCUT2D eigenvalue weighted by Crippen LogP contribution is 2.18. The Kier molecular flexibility index (Phi) is 6.80. The van der Waals surface area contributed by atoms with Crippen molar-refractivity contribution in [3.8, 4) is 0 Å². The summed E-state index contributed by atoms with van der Waals surface area (Å²) in [5.41, 5.74) is 1.06. The van der Waals surface area contributed by atoms with Crippen LogP contribution in [0.15, 0.2) is 24.3 Å². The molecule has 0 radical (unpaired) electrons. The van der Waals surface area contributed by atoms with Crippen molar-refractivity contribution in [1.29, 1.82) is 0 Å². The number of urea groups is 1. The first-order valence-electron chi connectivity index (χ1n) is 8.77. The third kappa shape index (κ3) is 5.20. The first-order chi connectivity index (χ1) is 12.0. The minimum absolute atomic E-state index is 0.00164. The molecule has 136 valence electrons. The lowest BCUT2D eigenvalue weighted by Gasteiger charge is -2.32. The molecule has 0 saturated carbocycles. The molecule has 1 saturated heterocycles. The van der Waals surface area contributed by atoms with Gasteiger partial charge in [0, 0.05) is 37.4 Å². The number of anilines is 1. The molecule has 0 bridgehead atoms. The van der Waals surface area contributed by atoms with Crippen LogP contribution in [0.3, 0.4) is 0 Å². The van der Waals surface area contributed by atoms with E-state index in [0.29, 0.717) is 37.4 Å². The van der Waals surface area contributed by atoms with Gasteiger partial charge < -0.3 is 20.9 Å². The van der Waals surface area contributed by atoms with E-state index >= 15 is 0 Å². The third-order valence-corrected chi connectivity index (χ3v) is 4.14. The second kappa shape index (κ2) is 9.05. The normalized spacial score (nSPS) is 16.9. The van der Waals surface area contributed by atoms with E-state index < -0.39 is 0 Å². The summed E-state index contributed by atoms with van der Waals surface area (Å²) < 4.78 is 0. The lowest BCUT2D eigenvalue weighted by molar-refractivity contribution is -0.126. The minimum Gasteiger partial charge on any atom is -0.356 e.